The number of aliphatic carboxylic acids is 1. The van der Waals surface area contributed by atoms with Gasteiger partial charge >= 0.3 is 5.97 Å². The summed E-state index contributed by atoms with van der Waals surface area (Å²) in [6, 6.07) is 2.46. The van der Waals surface area contributed by atoms with Crippen LogP contribution < -0.4 is 16.4 Å². The van der Waals surface area contributed by atoms with E-state index in [-0.39, 0.29) is 29.9 Å². The van der Waals surface area contributed by atoms with Gasteiger partial charge in [0.2, 0.25) is 17.7 Å². The first-order chi connectivity index (χ1) is 16.9. The van der Waals surface area contributed by atoms with Crippen molar-refractivity contribution in [1.29, 1.82) is 0 Å². The molecule has 5 unspecified atom stereocenters. The standard InChI is InChI=1S/C26H40N4O6/c1-5-16(4)22(27)25(34)30-12-6-7-21(30)24(33)28-19(13-15(2)3)23(32)29-20(26(35)36)14-17-8-10-18(31)11-9-17/h8-11,15-16,19-22,31H,5-7,12-14,27H2,1-4H3,(H,28,33)(H,29,32)(H,35,36). The number of carboxylic acids is 1. The fraction of sp³-hybridized carbons (Fsp3) is 0.615. The van der Waals surface area contributed by atoms with Crippen molar-refractivity contribution in [2.24, 2.45) is 17.6 Å². The monoisotopic (exact) mass is 504 g/mol. The Bertz CT molecular complexity index is 920. The zero-order valence-corrected chi connectivity index (χ0v) is 21.6. The molecule has 1 heterocycles. The number of nitrogens with one attached hydrogen (secondary N) is 2. The molecule has 0 spiro atoms. The predicted molar refractivity (Wildman–Crippen MR) is 135 cm³/mol. The molecule has 0 saturated carbocycles. The molecule has 6 N–H and O–H groups in total. The van der Waals surface area contributed by atoms with Crippen molar-refractivity contribution in [2.45, 2.75) is 84.0 Å². The van der Waals surface area contributed by atoms with Crippen molar-refractivity contribution in [1.82, 2.24) is 15.5 Å². The Morgan fingerprint density at radius 3 is 2.28 bits per heavy atom. The molecule has 1 aliphatic heterocycles. The highest BCUT2D eigenvalue weighted by atomic mass is 16.4. The molecule has 200 valence electrons. The minimum Gasteiger partial charge on any atom is -0.508 e. The first kappa shape index (κ1) is 29.1. The molecule has 1 aliphatic rings. The summed E-state index contributed by atoms with van der Waals surface area (Å²) in [5.74, 6) is -2.45. The highest BCUT2D eigenvalue weighted by Crippen LogP contribution is 2.21. The van der Waals surface area contributed by atoms with Gasteiger partial charge in [-0.1, -0.05) is 46.2 Å². The minimum atomic E-state index is -1.22. The molecule has 0 aliphatic carbocycles. The number of nitrogens with zero attached hydrogens (tertiary/aromatic N) is 1. The van der Waals surface area contributed by atoms with Gasteiger partial charge in [-0.2, -0.15) is 0 Å². The van der Waals surface area contributed by atoms with E-state index in [1.165, 1.54) is 17.0 Å². The van der Waals surface area contributed by atoms with Gasteiger partial charge in [0.25, 0.3) is 0 Å². The number of aromatic hydroxyl groups is 1. The lowest BCUT2D eigenvalue weighted by Gasteiger charge is -2.30. The summed E-state index contributed by atoms with van der Waals surface area (Å²) in [6.07, 6.45) is 2.19. The minimum absolute atomic E-state index is 0.0160. The number of rotatable bonds is 12. The van der Waals surface area contributed by atoms with Gasteiger partial charge in [-0.15, -0.1) is 0 Å². The van der Waals surface area contributed by atoms with E-state index in [0.717, 1.165) is 6.42 Å². The molecule has 1 saturated heterocycles. The zero-order chi connectivity index (χ0) is 27.0. The number of nitrogens with two attached hydrogens (primary N) is 1. The lowest BCUT2D eigenvalue weighted by molar-refractivity contribution is -0.143. The number of carbonyl (C=O) groups excluding carboxylic acids is 3. The maximum absolute atomic E-state index is 13.2. The van der Waals surface area contributed by atoms with Gasteiger partial charge in [0.1, 0.15) is 23.9 Å². The third-order valence-corrected chi connectivity index (χ3v) is 6.71. The Hall–Kier alpha value is -3.14. The van der Waals surface area contributed by atoms with Crippen molar-refractivity contribution < 1.29 is 29.4 Å². The van der Waals surface area contributed by atoms with E-state index in [9.17, 15) is 29.4 Å². The van der Waals surface area contributed by atoms with Crippen LogP contribution in [0.25, 0.3) is 0 Å². The van der Waals surface area contributed by atoms with Crippen LogP contribution in [0.4, 0.5) is 0 Å². The lowest BCUT2D eigenvalue weighted by atomic mass is 9.98. The smallest absolute Gasteiger partial charge is 0.326 e. The summed E-state index contributed by atoms with van der Waals surface area (Å²) in [7, 11) is 0. The quantitative estimate of drug-likeness (QED) is 0.287. The van der Waals surface area contributed by atoms with Gasteiger partial charge in [0.05, 0.1) is 6.04 Å². The van der Waals surface area contributed by atoms with Gasteiger partial charge in [0.15, 0.2) is 0 Å². The van der Waals surface area contributed by atoms with Crippen LogP contribution in [0.5, 0.6) is 5.75 Å². The maximum atomic E-state index is 13.2. The van der Waals surface area contributed by atoms with E-state index in [1.54, 1.807) is 12.1 Å². The third kappa shape index (κ3) is 7.94. The van der Waals surface area contributed by atoms with Crippen LogP contribution >= 0.6 is 0 Å². The van der Waals surface area contributed by atoms with Crippen LogP contribution in [0, 0.1) is 11.8 Å². The van der Waals surface area contributed by atoms with E-state index in [4.69, 9.17) is 5.73 Å². The second-order valence-electron chi connectivity index (χ2n) is 10.1. The van der Waals surface area contributed by atoms with Crippen LogP contribution in [-0.4, -0.2) is 69.5 Å². The number of benzene rings is 1. The highest BCUT2D eigenvalue weighted by Gasteiger charge is 2.38. The molecular weight excluding hydrogens is 464 g/mol. The average Bonchev–Trinajstić information content (AvgIpc) is 3.32. The largest absolute Gasteiger partial charge is 0.508 e. The highest BCUT2D eigenvalue weighted by molar-refractivity contribution is 5.94. The van der Waals surface area contributed by atoms with E-state index in [1.807, 2.05) is 27.7 Å². The van der Waals surface area contributed by atoms with Crippen LogP contribution in [0.2, 0.25) is 0 Å². The fourth-order valence-corrected chi connectivity index (χ4v) is 4.30. The summed E-state index contributed by atoms with van der Waals surface area (Å²) < 4.78 is 0. The Kier molecular flexibility index (Phi) is 10.7. The van der Waals surface area contributed by atoms with E-state index in [2.05, 4.69) is 10.6 Å². The second-order valence-corrected chi connectivity index (χ2v) is 10.1. The molecule has 0 radical (unpaired) electrons. The number of amides is 3. The molecule has 0 bridgehead atoms. The molecule has 1 aromatic carbocycles. The molecule has 1 aromatic rings. The molecule has 1 fully saturated rings. The number of carboxylic acid groups (broad SMARTS) is 1. The molecule has 10 nitrogen and oxygen atoms in total. The van der Waals surface area contributed by atoms with Crippen LogP contribution in [0.3, 0.4) is 0 Å². The summed E-state index contributed by atoms with van der Waals surface area (Å²) in [4.78, 5) is 52.6. The van der Waals surface area contributed by atoms with Gasteiger partial charge < -0.3 is 31.5 Å². The van der Waals surface area contributed by atoms with Gasteiger partial charge in [0, 0.05) is 13.0 Å². The van der Waals surface area contributed by atoms with Crippen molar-refractivity contribution >= 4 is 23.7 Å². The Morgan fingerprint density at radius 2 is 1.72 bits per heavy atom. The average molecular weight is 505 g/mol. The second kappa shape index (κ2) is 13.2. The van der Waals surface area contributed by atoms with Crippen molar-refractivity contribution in [3.8, 4) is 5.75 Å². The molecule has 36 heavy (non-hydrogen) atoms. The molecule has 0 aromatic heterocycles. The number of phenols is 1. The van der Waals surface area contributed by atoms with Crippen LogP contribution in [-0.2, 0) is 25.6 Å². The Morgan fingerprint density at radius 1 is 1.08 bits per heavy atom. The van der Waals surface area contributed by atoms with Gasteiger partial charge in [-0.25, -0.2) is 4.79 Å². The van der Waals surface area contributed by atoms with Gasteiger partial charge in [-0.3, -0.25) is 14.4 Å². The lowest BCUT2D eigenvalue weighted by Crippen LogP contribution is -2.57. The SMILES string of the molecule is CCC(C)C(N)C(=O)N1CCCC1C(=O)NC(CC(C)C)C(=O)NC(Cc1ccc(O)cc1)C(=O)O. The van der Waals surface area contributed by atoms with Crippen molar-refractivity contribution in [3.05, 3.63) is 29.8 Å². The number of likely N-dealkylation sites (tertiary alicyclic amines) is 1. The zero-order valence-electron chi connectivity index (χ0n) is 21.6. The molecule has 10 heteroatoms. The van der Waals surface area contributed by atoms with Crippen LogP contribution in [0.15, 0.2) is 24.3 Å². The Balaban J connectivity index is 2.12. The third-order valence-electron chi connectivity index (χ3n) is 6.71. The van der Waals surface area contributed by atoms with Crippen molar-refractivity contribution in [2.75, 3.05) is 6.54 Å². The number of carbonyl (C=O) groups is 4. The summed E-state index contributed by atoms with van der Waals surface area (Å²) in [5.41, 5.74) is 6.75. The number of hydrogen-bond donors (Lipinski definition) is 5. The first-order valence-corrected chi connectivity index (χ1v) is 12.6. The predicted octanol–water partition coefficient (Wildman–Crippen LogP) is 1.40. The van der Waals surface area contributed by atoms with Crippen molar-refractivity contribution in [3.63, 3.8) is 0 Å². The summed E-state index contributed by atoms with van der Waals surface area (Å²) in [5, 5.41) is 24.4. The topological polar surface area (TPSA) is 162 Å². The molecular formula is C26H40N4O6. The van der Waals surface area contributed by atoms with Gasteiger partial charge in [-0.05, 0) is 48.8 Å². The molecule has 2 rings (SSSR count). The van der Waals surface area contributed by atoms with E-state index >= 15 is 0 Å². The summed E-state index contributed by atoms with van der Waals surface area (Å²) >= 11 is 0. The number of hydrogen-bond acceptors (Lipinski definition) is 6. The molecule has 3 amide bonds. The van der Waals surface area contributed by atoms with E-state index in [0.29, 0.717) is 31.4 Å². The van der Waals surface area contributed by atoms with Crippen LogP contribution in [0.1, 0.15) is 58.9 Å². The fourth-order valence-electron chi connectivity index (χ4n) is 4.30. The molecule has 5 atom stereocenters. The van der Waals surface area contributed by atoms with E-state index < -0.39 is 42.0 Å². The number of phenolic OH excluding ortho intramolecular Hbond substituents is 1. The maximum Gasteiger partial charge on any atom is 0.326 e. The normalized spacial score (nSPS) is 18.8. The summed E-state index contributed by atoms with van der Waals surface area (Å²) in [6.45, 7) is 8.07. The first-order valence-electron chi connectivity index (χ1n) is 12.6. The Labute approximate surface area is 212 Å².